The molecule has 0 aliphatic heterocycles. The molecule has 0 bridgehead atoms. The molecule has 4 nitrogen and oxygen atoms in total. The molecule has 0 radical (unpaired) electrons. The van der Waals surface area contributed by atoms with E-state index in [1.54, 1.807) is 0 Å². The van der Waals surface area contributed by atoms with Gasteiger partial charge in [0.15, 0.2) is 0 Å². The number of nitrogens with two attached hydrogens (primary N) is 1. The highest BCUT2D eigenvalue weighted by Crippen LogP contribution is 2.20. The molecule has 1 aromatic heterocycles. The molecule has 4 N–H and O–H groups in total. The minimum atomic E-state index is 0. The van der Waals surface area contributed by atoms with Gasteiger partial charge in [-0.2, -0.15) is 0 Å². The Balaban J connectivity index is 0.00000180. The van der Waals surface area contributed by atoms with Crippen molar-refractivity contribution in [1.82, 2.24) is 4.98 Å². The summed E-state index contributed by atoms with van der Waals surface area (Å²) in [5.74, 6) is 0.0129. The molecule has 0 saturated carbocycles. The minimum absolute atomic E-state index is 0. The van der Waals surface area contributed by atoms with Crippen molar-refractivity contribution in [3.63, 3.8) is 0 Å². The van der Waals surface area contributed by atoms with Crippen LogP contribution in [0.5, 0.6) is 0 Å². The molecule has 1 aromatic carbocycles. The zero-order chi connectivity index (χ0) is 13.1. The van der Waals surface area contributed by atoms with Crippen LogP contribution in [-0.2, 0) is 4.79 Å². The number of fused-ring (bicyclic) bond motifs is 1. The lowest BCUT2D eigenvalue weighted by molar-refractivity contribution is -0.116. The highest BCUT2D eigenvalue weighted by Gasteiger charge is 2.05. The minimum Gasteiger partial charge on any atom is -0.359 e. The molecule has 1 amide bonds. The van der Waals surface area contributed by atoms with E-state index in [0.717, 1.165) is 22.3 Å². The smallest absolute Gasteiger partial charge is 0.224 e. The highest BCUT2D eigenvalue weighted by atomic mass is 35.5. The number of aromatic nitrogens is 1. The summed E-state index contributed by atoms with van der Waals surface area (Å²) in [5, 5.41) is 4.00. The van der Waals surface area contributed by atoms with E-state index in [9.17, 15) is 4.79 Å². The third kappa shape index (κ3) is 4.26. The Morgan fingerprint density at radius 3 is 2.84 bits per heavy atom. The van der Waals surface area contributed by atoms with E-state index in [0.29, 0.717) is 12.8 Å². The molecule has 2 aromatic rings. The molecule has 0 spiro atoms. The Bertz CT molecular complexity index is 563. The second kappa shape index (κ2) is 6.59. The lowest BCUT2D eigenvalue weighted by atomic mass is 10.2. The van der Waals surface area contributed by atoms with Crippen LogP contribution < -0.4 is 11.1 Å². The summed E-state index contributed by atoms with van der Waals surface area (Å²) in [6, 6.07) is 7.98. The first kappa shape index (κ1) is 15.5. The predicted molar refractivity (Wildman–Crippen MR) is 81.8 cm³/mol. The summed E-state index contributed by atoms with van der Waals surface area (Å²) in [7, 11) is 0. The molecule has 1 unspecified atom stereocenters. The van der Waals surface area contributed by atoms with Crippen molar-refractivity contribution in [3.8, 4) is 0 Å². The maximum Gasteiger partial charge on any atom is 0.224 e. The highest BCUT2D eigenvalue weighted by molar-refractivity contribution is 5.93. The Morgan fingerprint density at radius 1 is 1.42 bits per heavy atom. The summed E-state index contributed by atoms with van der Waals surface area (Å²) in [6.45, 7) is 3.92. The van der Waals surface area contributed by atoms with Crippen molar-refractivity contribution in [2.24, 2.45) is 5.73 Å². The topological polar surface area (TPSA) is 70.9 Å². The van der Waals surface area contributed by atoms with Gasteiger partial charge >= 0.3 is 0 Å². The first-order valence-electron chi connectivity index (χ1n) is 6.19. The molecule has 2 rings (SSSR count). The number of H-pyrrole nitrogens is 1. The van der Waals surface area contributed by atoms with Gasteiger partial charge in [-0.1, -0.05) is 0 Å². The standard InChI is InChI=1S/C14H19N3O.ClH/c1-9(15)3-6-14(18)17-12-4-5-13-11(8-12)7-10(2)16-13;/h4-5,7-9,16H,3,6,15H2,1-2H3,(H,17,18);1H. The number of carbonyl (C=O) groups excluding carboxylic acids is 1. The average molecular weight is 282 g/mol. The zero-order valence-electron chi connectivity index (χ0n) is 11.2. The molecule has 0 fully saturated rings. The Labute approximate surface area is 119 Å². The fourth-order valence-corrected chi connectivity index (χ4v) is 1.94. The van der Waals surface area contributed by atoms with Crippen LogP contribution in [0.25, 0.3) is 10.9 Å². The lowest BCUT2D eigenvalue weighted by Crippen LogP contribution is -2.19. The van der Waals surface area contributed by atoms with Crippen molar-refractivity contribution >= 4 is 34.9 Å². The Morgan fingerprint density at radius 2 is 2.16 bits per heavy atom. The molecule has 1 heterocycles. The number of aromatic amines is 1. The Hall–Kier alpha value is -1.52. The van der Waals surface area contributed by atoms with Gasteiger partial charge in [-0.15, -0.1) is 12.4 Å². The monoisotopic (exact) mass is 281 g/mol. The van der Waals surface area contributed by atoms with Gasteiger partial charge in [0.25, 0.3) is 0 Å². The van der Waals surface area contributed by atoms with E-state index < -0.39 is 0 Å². The number of aryl methyl sites for hydroxylation is 1. The van der Waals surface area contributed by atoms with Crippen molar-refractivity contribution in [3.05, 3.63) is 30.0 Å². The summed E-state index contributed by atoms with van der Waals surface area (Å²) in [4.78, 5) is 14.9. The normalized spacial score (nSPS) is 11.9. The van der Waals surface area contributed by atoms with Crippen LogP contribution in [-0.4, -0.2) is 16.9 Å². The van der Waals surface area contributed by atoms with E-state index in [1.165, 1.54) is 0 Å². The van der Waals surface area contributed by atoms with Gasteiger partial charge < -0.3 is 16.0 Å². The van der Waals surface area contributed by atoms with Crippen molar-refractivity contribution in [2.75, 3.05) is 5.32 Å². The van der Waals surface area contributed by atoms with Gasteiger partial charge in [0.2, 0.25) is 5.91 Å². The molecule has 0 aliphatic rings. The SMILES string of the molecule is Cc1cc2cc(NC(=O)CCC(C)N)ccc2[nH]1.Cl. The number of halogens is 1. The lowest BCUT2D eigenvalue weighted by Gasteiger charge is -2.07. The molecule has 19 heavy (non-hydrogen) atoms. The quantitative estimate of drug-likeness (QED) is 0.806. The van der Waals surface area contributed by atoms with Crippen LogP contribution in [0.3, 0.4) is 0 Å². The molecule has 0 saturated heterocycles. The van der Waals surface area contributed by atoms with Crippen LogP contribution in [0, 0.1) is 6.92 Å². The predicted octanol–water partition coefficient (Wildman–Crippen LogP) is 2.96. The van der Waals surface area contributed by atoms with Crippen molar-refractivity contribution in [1.29, 1.82) is 0 Å². The van der Waals surface area contributed by atoms with E-state index in [-0.39, 0.29) is 24.4 Å². The average Bonchev–Trinajstić information content (AvgIpc) is 2.66. The summed E-state index contributed by atoms with van der Waals surface area (Å²) in [5.41, 5.74) is 8.66. The van der Waals surface area contributed by atoms with Gasteiger partial charge in [-0.05, 0) is 44.5 Å². The number of anilines is 1. The molecule has 5 heteroatoms. The van der Waals surface area contributed by atoms with Crippen LogP contribution in [0.1, 0.15) is 25.5 Å². The fourth-order valence-electron chi connectivity index (χ4n) is 1.94. The van der Waals surface area contributed by atoms with E-state index in [2.05, 4.69) is 16.4 Å². The van der Waals surface area contributed by atoms with E-state index in [1.807, 2.05) is 32.0 Å². The van der Waals surface area contributed by atoms with Crippen molar-refractivity contribution in [2.45, 2.75) is 32.7 Å². The number of nitrogens with one attached hydrogen (secondary N) is 2. The van der Waals surface area contributed by atoms with Crippen LogP contribution in [0.2, 0.25) is 0 Å². The van der Waals surface area contributed by atoms with Gasteiger partial charge in [-0.25, -0.2) is 0 Å². The molecule has 104 valence electrons. The van der Waals surface area contributed by atoms with Gasteiger partial charge in [-0.3, -0.25) is 4.79 Å². The van der Waals surface area contributed by atoms with E-state index >= 15 is 0 Å². The zero-order valence-corrected chi connectivity index (χ0v) is 12.0. The fraction of sp³-hybridized carbons (Fsp3) is 0.357. The van der Waals surface area contributed by atoms with Crippen LogP contribution in [0.4, 0.5) is 5.69 Å². The summed E-state index contributed by atoms with van der Waals surface area (Å²) < 4.78 is 0. The first-order valence-corrected chi connectivity index (χ1v) is 6.19. The number of hydrogen-bond acceptors (Lipinski definition) is 2. The molecule has 1 atom stereocenters. The number of benzene rings is 1. The van der Waals surface area contributed by atoms with Gasteiger partial charge in [0.05, 0.1) is 0 Å². The maximum atomic E-state index is 11.7. The number of carbonyl (C=O) groups is 1. The molecular formula is C14H20ClN3O. The largest absolute Gasteiger partial charge is 0.359 e. The number of hydrogen-bond donors (Lipinski definition) is 3. The second-order valence-corrected chi connectivity index (χ2v) is 4.82. The van der Waals surface area contributed by atoms with Gasteiger partial charge in [0, 0.05) is 34.7 Å². The number of amides is 1. The third-order valence-electron chi connectivity index (χ3n) is 2.87. The van der Waals surface area contributed by atoms with E-state index in [4.69, 9.17) is 5.73 Å². The summed E-state index contributed by atoms with van der Waals surface area (Å²) >= 11 is 0. The summed E-state index contributed by atoms with van der Waals surface area (Å²) in [6.07, 6.45) is 1.17. The third-order valence-corrected chi connectivity index (χ3v) is 2.87. The number of rotatable bonds is 4. The van der Waals surface area contributed by atoms with Crippen LogP contribution >= 0.6 is 12.4 Å². The Kier molecular flexibility index (Phi) is 5.39. The second-order valence-electron chi connectivity index (χ2n) is 4.82. The van der Waals surface area contributed by atoms with Crippen LogP contribution in [0.15, 0.2) is 24.3 Å². The van der Waals surface area contributed by atoms with Gasteiger partial charge in [0.1, 0.15) is 0 Å². The molecular weight excluding hydrogens is 262 g/mol. The molecule has 0 aliphatic carbocycles. The maximum absolute atomic E-state index is 11.7. The first-order chi connectivity index (χ1) is 8.54. The van der Waals surface area contributed by atoms with Crippen molar-refractivity contribution < 1.29 is 4.79 Å².